The van der Waals surface area contributed by atoms with Gasteiger partial charge in [0.15, 0.2) is 0 Å². The Morgan fingerprint density at radius 1 is 1.00 bits per heavy atom. The Balaban J connectivity index is 4.70. The van der Waals surface area contributed by atoms with E-state index in [1.165, 1.54) is 6.92 Å². The zero-order valence-electron chi connectivity index (χ0n) is 11.6. The fourth-order valence-corrected chi connectivity index (χ4v) is 6.32. The normalized spacial score (nSPS) is 12.6. The molecule has 0 aromatic rings. The molecular formula is C10H25N3O2Si. The highest BCUT2D eigenvalue weighted by Crippen LogP contribution is 2.17. The number of carbonyl (C=O) groups excluding carboxylic acids is 1. The van der Waals surface area contributed by atoms with Crippen molar-refractivity contribution in [2.24, 2.45) is 0 Å². The molecule has 0 aliphatic heterocycles. The molecule has 0 spiro atoms. The molecule has 0 fully saturated rings. The van der Waals surface area contributed by atoms with Crippen LogP contribution in [0.1, 0.15) is 6.92 Å². The fraction of sp³-hybridized carbons (Fsp3) is 0.900. The average molecular weight is 247 g/mol. The van der Waals surface area contributed by atoms with Gasteiger partial charge in [-0.1, -0.05) is 0 Å². The number of rotatable bonds is 6. The zero-order valence-corrected chi connectivity index (χ0v) is 12.6. The fourth-order valence-electron chi connectivity index (χ4n) is 2.20. The molecule has 0 aliphatic carbocycles. The van der Waals surface area contributed by atoms with Crippen molar-refractivity contribution in [3.63, 3.8) is 0 Å². The van der Waals surface area contributed by atoms with Gasteiger partial charge in [-0.2, -0.15) is 0 Å². The second-order valence-electron chi connectivity index (χ2n) is 4.55. The Morgan fingerprint density at radius 2 is 1.38 bits per heavy atom. The van der Waals surface area contributed by atoms with Crippen molar-refractivity contribution in [1.29, 1.82) is 0 Å². The number of nitrogens with zero attached hydrogens (tertiary/aromatic N) is 3. The molecule has 0 unspecified atom stereocenters. The molecule has 0 heterocycles. The van der Waals surface area contributed by atoms with Crippen LogP contribution in [0, 0.1) is 0 Å². The van der Waals surface area contributed by atoms with E-state index >= 15 is 0 Å². The van der Waals surface area contributed by atoms with Gasteiger partial charge < -0.3 is 18.4 Å². The summed E-state index contributed by atoms with van der Waals surface area (Å²) in [6, 6.07) is 0.875. The molecule has 0 saturated heterocycles. The Morgan fingerprint density at radius 3 is 1.62 bits per heavy atom. The van der Waals surface area contributed by atoms with Crippen LogP contribution in [0.25, 0.3) is 0 Å². The van der Waals surface area contributed by atoms with Crippen LogP contribution in [0.2, 0.25) is 6.04 Å². The van der Waals surface area contributed by atoms with Gasteiger partial charge in [0.05, 0.1) is 6.61 Å². The summed E-state index contributed by atoms with van der Waals surface area (Å²) in [4.78, 5) is 10.8. The molecule has 5 nitrogen and oxygen atoms in total. The van der Waals surface area contributed by atoms with Crippen LogP contribution < -0.4 is 0 Å². The van der Waals surface area contributed by atoms with Crippen LogP contribution in [-0.4, -0.2) is 77.1 Å². The first-order valence-electron chi connectivity index (χ1n) is 5.40. The van der Waals surface area contributed by atoms with Crippen LogP contribution >= 0.6 is 0 Å². The van der Waals surface area contributed by atoms with Crippen LogP contribution in [0.5, 0.6) is 0 Å². The summed E-state index contributed by atoms with van der Waals surface area (Å²) in [6.07, 6.45) is 0. The van der Waals surface area contributed by atoms with E-state index in [0.29, 0.717) is 6.61 Å². The summed E-state index contributed by atoms with van der Waals surface area (Å²) >= 11 is 0. The Hall–Kier alpha value is -0.433. The van der Waals surface area contributed by atoms with Crippen molar-refractivity contribution in [1.82, 2.24) is 13.7 Å². The molecule has 0 radical (unpaired) electrons. The van der Waals surface area contributed by atoms with Gasteiger partial charge in [-0.3, -0.25) is 4.79 Å². The van der Waals surface area contributed by atoms with Crippen molar-refractivity contribution in [3.8, 4) is 0 Å². The third-order valence-electron chi connectivity index (χ3n) is 2.89. The van der Waals surface area contributed by atoms with Gasteiger partial charge in [-0.05, 0) is 42.3 Å². The van der Waals surface area contributed by atoms with Crippen LogP contribution in [-0.2, 0) is 9.53 Å². The molecule has 16 heavy (non-hydrogen) atoms. The van der Waals surface area contributed by atoms with Crippen molar-refractivity contribution < 1.29 is 9.53 Å². The zero-order chi connectivity index (χ0) is 12.9. The quantitative estimate of drug-likeness (QED) is 0.494. The molecule has 0 aromatic heterocycles. The van der Waals surface area contributed by atoms with E-state index in [0.717, 1.165) is 6.04 Å². The van der Waals surface area contributed by atoms with E-state index < -0.39 is 8.56 Å². The van der Waals surface area contributed by atoms with Gasteiger partial charge in [-0.25, -0.2) is 0 Å². The molecule has 0 saturated carbocycles. The summed E-state index contributed by atoms with van der Waals surface area (Å²) < 4.78 is 11.8. The summed E-state index contributed by atoms with van der Waals surface area (Å²) in [5.41, 5.74) is 0. The standard InChI is InChI=1S/C10H25N3O2Si/c1-10(14)15-8-9-16(11(2)3,12(4)5)13(6)7/h8-9H2,1-7H3. The van der Waals surface area contributed by atoms with Crippen LogP contribution in [0.15, 0.2) is 0 Å². The molecule has 96 valence electrons. The maximum atomic E-state index is 10.8. The van der Waals surface area contributed by atoms with Gasteiger partial charge in [-0.15, -0.1) is 0 Å². The monoisotopic (exact) mass is 247 g/mol. The van der Waals surface area contributed by atoms with Crippen LogP contribution in [0.3, 0.4) is 0 Å². The second kappa shape index (κ2) is 6.34. The molecule has 0 aromatic carbocycles. The van der Waals surface area contributed by atoms with Crippen molar-refractivity contribution in [3.05, 3.63) is 0 Å². The Kier molecular flexibility index (Phi) is 6.17. The predicted octanol–water partition coefficient (Wildman–Crippen LogP) is 0.173. The Bertz CT molecular complexity index is 210. The van der Waals surface area contributed by atoms with E-state index in [1.807, 2.05) is 0 Å². The first kappa shape index (κ1) is 15.6. The Labute approximate surface area is 100 Å². The summed E-state index contributed by atoms with van der Waals surface area (Å²) in [7, 11) is 10.6. The molecular weight excluding hydrogens is 222 g/mol. The third-order valence-corrected chi connectivity index (χ3v) is 8.06. The van der Waals surface area contributed by atoms with Gasteiger partial charge in [0.1, 0.15) is 0 Å². The van der Waals surface area contributed by atoms with Gasteiger partial charge in [0.2, 0.25) is 0 Å². The molecule has 0 amide bonds. The number of hydrogen-bond donors (Lipinski definition) is 0. The van der Waals surface area contributed by atoms with Crippen molar-refractivity contribution in [2.45, 2.75) is 13.0 Å². The number of hydrogen-bond acceptors (Lipinski definition) is 5. The third kappa shape index (κ3) is 3.55. The van der Waals surface area contributed by atoms with E-state index in [4.69, 9.17) is 4.74 Å². The van der Waals surface area contributed by atoms with Gasteiger partial charge in [0, 0.05) is 13.0 Å². The smallest absolute Gasteiger partial charge is 0.302 e. The minimum absolute atomic E-state index is 0.209. The SMILES string of the molecule is CC(=O)OCC[Si](N(C)C)(N(C)C)N(C)C. The first-order valence-corrected chi connectivity index (χ1v) is 7.45. The number of esters is 1. The molecule has 0 atom stereocenters. The lowest BCUT2D eigenvalue weighted by atomic mass is 10.8. The summed E-state index contributed by atoms with van der Waals surface area (Å²) in [5, 5.41) is 0. The summed E-state index contributed by atoms with van der Waals surface area (Å²) in [6.45, 7) is 1.93. The van der Waals surface area contributed by atoms with E-state index in [2.05, 4.69) is 56.0 Å². The lowest BCUT2D eigenvalue weighted by Crippen LogP contribution is -2.70. The lowest BCUT2D eigenvalue weighted by Gasteiger charge is -2.46. The minimum atomic E-state index is -1.87. The highest BCUT2D eigenvalue weighted by molar-refractivity contribution is 6.71. The molecule has 0 aliphatic rings. The summed E-state index contributed by atoms with van der Waals surface area (Å²) in [5.74, 6) is -0.209. The second-order valence-corrected chi connectivity index (χ2v) is 9.28. The first-order chi connectivity index (χ1) is 7.25. The molecule has 0 rings (SSSR count). The highest BCUT2D eigenvalue weighted by atomic mass is 28.4. The van der Waals surface area contributed by atoms with Gasteiger partial charge in [0.25, 0.3) is 8.56 Å². The lowest BCUT2D eigenvalue weighted by molar-refractivity contribution is -0.140. The largest absolute Gasteiger partial charge is 0.466 e. The van der Waals surface area contributed by atoms with Crippen molar-refractivity contribution in [2.75, 3.05) is 48.9 Å². The highest BCUT2D eigenvalue weighted by Gasteiger charge is 2.42. The molecule has 0 N–H and O–H groups in total. The van der Waals surface area contributed by atoms with E-state index in [-0.39, 0.29) is 5.97 Å². The number of carbonyl (C=O) groups is 1. The predicted molar refractivity (Wildman–Crippen MR) is 68.3 cm³/mol. The van der Waals surface area contributed by atoms with E-state index in [1.54, 1.807) is 0 Å². The minimum Gasteiger partial charge on any atom is -0.466 e. The van der Waals surface area contributed by atoms with Crippen LogP contribution in [0.4, 0.5) is 0 Å². The maximum Gasteiger partial charge on any atom is 0.302 e. The molecule has 6 heteroatoms. The topological polar surface area (TPSA) is 36.0 Å². The van der Waals surface area contributed by atoms with E-state index in [9.17, 15) is 4.79 Å². The maximum absolute atomic E-state index is 10.8. The van der Waals surface area contributed by atoms with Crippen molar-refractivity contribution >= 4 is 14.5 Å². The average Bonchev–Trinajstić information content (AvgIpc) is 2.09. The van der Waals surface area contributed by atoms with Gasteiger partial charge >= 0.3 is 5.97 Å². The molecule has 0 bridgehead atoms. The number of ether oxygens (including phenoxy) is 1.